The predicted octanol–water partition coefficient (Wildman–Crippen LogP) is 3.07. The molecule has 0 aliphatic carbocycles. The molecule has 152 valence electrons. The molecule has 5 heteroatoms. The first-order valence-electron chi connectivity index (χ1n) is 10.5. The van der Waals surface area contributed by atoms with Gasteiger partial charge in [0, 0.05) is 31.1 Å². The van der Waals surface area contributed by atoms with E-state index in [1.165, 1.54) is 0 Å². The van der Waals surface area contributed by atoms with Crippen LogP contribution in [0.15, 0.2) is 72.8 Å². The Morgan fingerprint density at radius 2 is 1.60 bits per heavy atom. The van der Waals surface area contributed by atoms with E-state index < -0.39 is 0 Å². The number of amides is 2. The first-order valence-corrected chi connectivity index (χ1v) is 10.5. The van der Waals surface area contributed by atoms with Crippen LogP contribution in [0.3, 0.4) is 0 Å². The predicted molar refractivity (Wildman–Crippen MR) is 117 cm³/mol. The van der Waals surface area contributed by atoms with Crippen molar-refractivity contribution in [2.75, 3.05) is 26.2 Å². The average molecular weight is 399 g/mol. The van der Waals surface area contributed by atoms with Gasteiger partial charge in [0.15, 0.2) is 0 Å². The number of primary amides is 1. The van der Waals surface area contributed by atoms with E-state index in [-0.39, 0.29) is 24.4 Å². The Morgan fingerprint density at radius 3 is 2.37 bits per heavy atom. The zero-order valence-electron chi connectivity index (χ0n) is 16.8. The van der Waals surface area contributed by atoms with Crippen LogP contribution in [0.5, 0.6) is 0 Å². The molecule has 2 aliphatic rings. The van der Waals surface area contributed by atoms with Crippen molar-refractivity contribution in [1.29, 1.82) is 0 Å². The van der Waals surface area contributed by atoms with Crippen molar-refractivity contribution < 1.29 is 9.59 Å². The lowest BCUT2D eigenvalue weighted by atomic mass is 9.89. The monoisotopic (exact) mass is 399 g/mol. The number of carbonyl (C=O) groups excluding carboxylic acids is 2. The van der Waals surface area contributed by atoms with E-state index in [0.717, 1.165) is 35.0 Å². The smallest absolute Gasteiger partial charge is 0.254 e. The molecule has 2 N–H and O–H groups in total. The lowest BCUT2D eigenvalue weighted by Gasteiger charge is -2.30. The molecule has 2 amide bonds. The van der Waals surface area contributed by atoms with Crippen molar-refractivity contribution in [3.8, 4) is 0 Å². The lowest BCUT2D eigenvalue weighted by Crippen LogP contribution is -2.38. The summed E-state index contributed by atoms with van der Waals surface area (Å²) in [6.07, 6.45) is 0. The van der Waals surface area contributed by atoms with Crippen LogP contribution in [0.4, 0.5) is 0 Å². The van der Waals surface area contributed by atoms with E-state index >= 15 is 0 Å². The first kappa shape index (κ1) is 18.8. The number of benzene rings is 3. The first-order chi connectivity index (χ1) is 14.6. The number of hydrogen-bond acceptors (Lipinski definition) is 3. The largest absolute Gasteiger partial charge is 0.369 e. The third-order valence-electron chi connectivity index (χ3n) is 6.52. The Labute approximate surface area is 176 Å². The van der Waals surface area contributed by atoms with Crippen LogP contribution in [0.25, 0.3) is 10.8 Å². The maximum absolute atomic E-state index is 13.6. The minimum atomic E-state index is -0.296. The molecule has 5 nitrogen and oxygen atoms in total. The Bertz CT molecular complexity index is 1100. The lowest BCUT2D eigenvalue weighted by molar-refractivity contribution is -0.119. The number of likely N-dealkylation sites (tertiary alicyclic amines) is 2. The molecule has 0 radical (unpaired) electrons. The van der Waals surface area contributed by atoms with Crippen LogP contribution in [0.2, 0.25) is 0 Å². The maximum atomic E-state index is 13.6. The molecule has 2 heterocycles. The van der Waals surface area contributed by atoms with Gasteiger partial charge in [-0.25, -0.2) is 0 Å². The maximum Gasteiger partial charge on any atom is 0.254 e. The quantitative estimate of drug-likeness (QED) is 0.733. The highest BCUT2D eigenvalue weighted by atomic mass is 16.2. The molecule has 3 aromatic rings. The zero-order valence-corrected chi connectivity index (χ0v) is 16.8. The SMILES string of the molecule is NC(=O)CN1C[C@H]2CN(C(=O)c3ccc4ccccc4c3)[C@H](c3ccccc3)[C@H]2C1. The van der Waals surface area contributed by atoms with Crippen LogP contribution >= 0.6 is 0 Å². The second-order valence-corrected chi connectivity index (χ2v) is 8.46. The topological polar surface area (TPSA) is 66.6 Å². The molecule has 0 unspecified atom stereocenters. The second kappa shape index (κ2) is 7.58. The number of carbonyl (C=O) groups is 2. The molecule has 2 saturated heterocycles. The number of rotatable bonds is 4. The summed E-state index contributed by atoms with van der Waals surface area (Å²) in [5.74, 6) is 0.427. The molecular weight excluding hydrogens is 374 g/mol. The van der Waals surface area contributed by atoms with Gasteiger partial charge in [-0.05, 0) is 34.4 Å². The summed E-state index contributed by atoms with van der Waals surface area (Å²) in [5, 5.41) is 2.21. The third-order valence-corrected chi connectivity index (χ3v) is 6.52. The van der Waals surface area contributed by atoms with Gasteiger partial charge in [-0.1, -0.05) is 60.7 Å². The molecule has 2 aliphatic heterocycles. The van der Waals surface area contributed by atoms with E-state index in [4.69, 9.17) is 5.73 Å². The number of nitrogens with zero attached hydrogens (tertiary/aromatic N) is 2. The van der Waals surface area contributed by atoms with E-state index in [0.29, 0.717) is 18.4 Å². The van der Waals surface area contributed by atoms with Crippen molar-refractivity contribution in [3.05, 3.63) is 83.9 Å². The van der Waals surface area contributed by atoms with Crippen molar-refractivity contribution in [1.82, 2.24) is 9.80 Å². The molecule has 0 bridgehead atoms. The highest BCUT2D eigenvalue weighted by Crippen LogP contribution is 2.45. The number of nitrogens with two attached hydrogens (primary N) is 1. The fourth-order valence-electron chi connectivity index (χ4n) is 5.26. The van der Waals surface area contributed by atoms with Crippen molar-refractivity contribution in [2.24, 2.45) is 17.6 Å². The molecule has 0 saturated carbocycles. The van der Waals surface area contributed by atoms with Gasteiger partial charge in [-0.2, -0.15) is 0 Å². The van der Waals surface area contributed by atoms with Gasteiger partial charge in [0.1, 0.15) is 0 Å². The van der Waals surface area contributed by atoms with Gasteiger partial charge in [0.2, 0.25) is 5.91 Å². The number of fused-ring (bicyclic) bond motifs is 2. The fourth-order valence-corrected chi connectivity index (χ4v) is 5.26. The van der Waals surface area contributed by atoms with E-state index in [1.807, 2.05) is 59.5 Å². The van der Waals surface area contributed by atoms with Gasteiger partial charge in [0.05, 0.1) is 12.6 Å². The van der Waals surface area contributed by atoms with Crippen LogP contribution in [-0.2, 0) is 4.79 Å². The second-order valence-electron chi connectivity index (χ2n) is 8.46. The zero-order chi connectivity index (χ0) is 20.7. The molecular formula is C25H25N3O2. The van der Waals surface area contributed by atoms with Crippen molar-refractivity contribution in [3.63, 3.8) is 0 Å². The highest BCUT2D eigenvalue weighted by molar-refractivity contribution is 5.99. The van der Waals surface area contributed by atoms with Crippen LogP contribution in [-0.4, -0.2) is 47.8 Å². The fraction of sp³-hybridized carbons (Fsp3) is 0.280. The van der Waals surface area contributed by atoms with Gasteiger partial charge in [0.25, 0.3) is 5.91 Å². The molecule has 30 heavy (non-hydrogen) atoms. The van der Waals surface area contributed by atoms with E-state index in [2.05, 4.69) is 23.1 Å². The summed E-state index contributed by atoms with van der Waals surface area (Å²) in [4.78, 5) is 29.2. The Balaban J connectivity index is 1.47. The molecule has 0 aromatic heterocycles. The summed E-state index contributed by atoms with van der Waals surface area (Å²) in [7, 11) is 0. The molecule has 5 rings (SSSR count). The van der Waals surface area contributed by atoms with Crippen molar-refractivity contribution in [2.45, 2.75) is 6.04 Å². The van der Waals surface area contributed by atoms with Crippen LogP contribution < -0.4 is 5.73 Å². The summed E-state index contributed by atoms with van der Waals surface area (Å²) in [6.45, 7) is 2.57. The normalized spacial score (nSPS) is 23.6. The Hall–Kier alpha value is -3.18. The minimum absolute atomic E-state index is 0.00745. The molecule has 3 atom stereocenters. The van der Waals surface area contributed by atoms with Crippen LogP contribution in [0, 0.1) is 11.8 Å². The van der Waals surface area contributed by atoms with Gasteiger partial charge in [-0.3, -0.25) is 14.5 Å². The summed E-state index contributed by atoms with van der Waals surface area (Å²) in [6, 6.07) is 24.3. The van der Waals surface area contributed by atoms with Gasteiger partial charge in [-0.15, -0.1) is 0 Å². The minimum Gasteiger partial charge on any atom is -0.369 e. The molecule has 2 fully saturated rings. The standard InChI is InChI=1S/C25H25N3O2/c26-23(29)16-27-13-21-14-28(24(22(21)15-27)18-7-2-1-3-8-18)25(30)20-11-10-17-6-4-5-9-19(17)12-20/h1-12,21-22,24H,13-16H2,(H2,26,29)/t21-,22-,24+/m0/s1. The third kappa shape index (κ3) is 3.35. The van der Waals surface area contributed by atoms with Crippen LogP contribution in [0.1, 0.15) is 22.0 Å². The highest BCUT2D eigenvalue weighted by Gasteiger charge is 2.49. The molecule has 0 spiro atoms. The molecule has 3 aromatic carbocycles. The van der Waals surface area contributed by atoms with Crippen molar-refractivity contribution >= 4 is 22.6 Å². The average Bonchev–Trinajstić information content (AvgIpc) is 3.30. The Kier molecular flexibility index (Phi) is 4.75. The number of hydrogen-bond donors (Lipinski definition) is 1. The summed E-state index contributed by atoms with van der Waals surface area (Å²) in [5.41, 5.74) is 7.30. The van der Waals surface area contributed by atoms with Gasteiger partial charge >= 0.3 is 0 Å². The summed E-state index contributed by atoms with van der Waals surface area (Å²) < 4.78 is 0. The summed E-state index contributed by atoms with van der Waals surface area (Å²) >= 11 is 0. The van der Waals surface area contributed by atoms with E-state index in [9.17, 15) is 9.59 Å². The Morgan fingerprint density at radius 1 is 0.867 bits per heavy atom. The van der Waals surface area contributed by atoms with Gasteiger partial charge < -0.3 is 10.6 Å². The van der Waals surface area contributed by atoms with E-state index in [1.54, 1.807) is 0 Å².